The summed E-state index contributed by atoms with van der Waals surface area (Å²) in [6.45, 7) is 4.03. The number of aromatic nitrogens is 1. The molecule has 0 atom stereocenters. The number of thiocarbonyl (C=S) groups is 1. The third kappa shape index (κ3) is 4.65. The number of methoxy groups -OCH3 is 2. The van der Waals surface area contributed by atoms with E-state index in [0.29, 0.717) is 23.1 Å². The maximum atomic E-state index is 12.8. The molecule has 0 saturated heterocycles. The van der Waals surface area contributed by atoms with Crippen molar-refractivity contribution in [1.82, 2.24) is 10.3 Å². The number of nitrogens with zero attached hydrogens (tertiary/aromatic N) is 1. The van der Waals surface area contributed by atoms with Crippen LogP contribution in [0.4, 0.5) is 5.69 Å². The Hall–Kier alpha value is -3.91. The lowest BCUT2D eigenvalue weighted by molar-refractivity contribution is 0.0971. The van der Waals surface area contributed by atoms with Gasteiger partial charge in [-0.15, -0.1) is 0 Å². The van der Waals surface area contributed by atoms with Crippen molar-refractivity contribution < 1.29 is 18.7 Å². The van der Waals surface area contributed by atoms with Crippen molar-refractivity contribution in [3.8, 4) is 23.0 Å². The molecule has 0 radical (unpaired) electrons. The molecule has 0 bridgehead atoms. The van der Waals surface area contributed by atoms with Crippen LogP contribution in [0, 0.1) is 13.8 Å². The standard InChI is InChI=1S/C25H23N3O4S/c1-14-11-15(2)22-18(12-14)27-24(32-22)16-7-5-8-17(13-16)26-25(33)28-23(29)21-19(30-3)9-6-10-20(21)31-4/h5-13H,1-4H3,(H2,26,28,29,33). The van der Waals surface area contributed by atoms with Gasteiger partial charge in [0.25, 0.3) is 5.91 Å². The van der Waals surface area contributed by atoms with E-state index in [0.717, 1.165) is 27.8 Å². The Kier molecular flexibility index (Phi) is 6.28. The average Bonchev–Trinajstić information content (AvgIpc) is 3.23. The van der Waals surface area contributed by atoms with Gasteiger partial charge >= 0.3 is 0 Å². The molecule has 1 aromatic heterocycles. The third-order valence-electron chi connectivity index (χ3n) is 5.07. The predicted molar refractivity (Wildman–Crippen MR) is 132 cm³/mol. The number of hydrogen-bond acceptors (Lipinski definition) is 6. The van der Waals surface area contributed by atoms with Crippen LogP contribution in [0.1, 0.15) is 21.5 Å². The summed E-state index contributed by atoms with van der Waals surface area (Å²) < 4.78 is 16.6. The SMILES string of the molecule is COc1cccc(OC)c1C(=O)NC(=S)Nc1cccc(-c2nc3cc(C)cc(C)c3o2)c1. The summed E-state index contributed by atoms with van der Waals surface area (Å²) in [6.07, 6.45) is 0. The molecule has 2 N–H and O–H groups in total. The number of aryl methyl sites for hydroxylation is 2. The quantitative estimate of drug-likeness (QED) is 0.392. The van der Waals surface area contributed by atoms with Crippen LogP contribution in [-0.2, 0) is 0 Å². The zero-order chi connectivity index (χ0) is 23.5. The zero-order valence-corrected chi connectivity index (χ0v) is 19.5. The van der Waals surface area contributed by atoms with E-state index < -0.39 is 5.91 Å². The topological polar surface area (TPSA) is 85.6 Å². The van der Waals surface area contributed by atoms with Gasteiger partial charge in [0.15, 0.2) is 10.7 Å². The van der Waals surface area contributed by atoms with Crippen LogP contribution in [0.15, 0.2) is 59.0 Å². The highest BCUT2D eigenvalue weighted by atomic mass is 32.1. The van der Waals surface area contributed by atoms with E-state index in [-0.39, 0.29) is 10.7 Å². The fourth-order valence-corrected chi connectivity index (χ4v) is 3.84. The molecule has 168 valence electrons. The van der Waals surface area contributed by atoms with Gasteiger partial charge in [0.2, 0.25) is 5.89 Å². The summed E-state index contributed by atoms with van der Waals surface area (Å²) in [7, 11) is 2.98. The molecule has 33 heavy (non-hydrogen) atoms. The summed E-state index contributed by atoms with van der Waals surface area (Å²) in [5.74, 6) is 0.843. The van der Waals surface area contributed by atoms with Crippen LogP contribution >= 0.6 is 12.2 Å². The van der Waals surface area contributed by atoms with E-state index in [9.17, 15) is 4.79 Å². The number of nitrogens with one attached hydrogen (secondary N) is 2. The van der Waals surface area contributed by atoms with E-state index in [1.807, 2.05) is 44.2 Å². The Morgan fingerprint density at radius 3 is 2.39 bits per heavy atom. The van der Waals surface area contributed by atoms with Crippen molar-refractivity contribution in [1.29, 1.82) is 0 Å². The molecular weight excluding hydrogens is 438 g/mol. The van der Waals surface area contributed by atoms with Gasteiger partial charge in [-0.1, -0.05) is 18.2 Å². The molecule has 7 nitrogen and oxygen atoms in total. The van der Waals surface area contributed by atoms with Crippen LogP contribution in [0.5, 0.6) is 11.5 Å². The lowest BCUT2D eigenvalue weighted by Crippen LogP contribution is -2.34. The number of ether oxygens (including phenoxy) is 2. The minimum absolute atomic E-state index is 0.133. The Morgan fingerprint density at radius 1 is 1.00 bits per heavy atom. The summed E-state index contributed by atoms with van der Waals surface area (Å²) in [4.78, 5) is 17.5. The average molecular weight is 462 g/mol. The van der Waals surface area contributed by atoms with Gasteiger partial charge in [-0.25, -0.2) is 4.98 Å². The zero-order valence-electron chi connectivity index (χ0n) is 18.7. The fraction of sp³-hybridized carbons (Fsp3) is 0.160. The highest BCUT2D eigenvalue weighted by molar-refractivity contribution is 7.80. The molecule has 4 aromatic rings. The second-order valence-corrected chi connectivity index (χ2v) is 7.88. The van der Waals surface area contributed by atoms with Gasteiger partial charge in [0, 0.05) is 11.3 Å². The predicted octanol–water partition coefficient (Wildman–Crippen LogP) is 5.26. The number of fused-ring (bicyclic) bond motifs is 1. The number of anilines is 1. The number of amides is 1. The Morgan fingerprint density at radius 2 is 1.70 bits per heavy atom. The number of oxazole rings is 1. The van der Waals surface area contributed by atoms with E-state index in [2.05, 4.69) is 21.7 Å². The molecule has 1 amide bonds. The van der Waals surface area contributed by atoms with E-state index in [1.54, 1.807) is 18.2 Å². The Bertz CT molecular complexity index is 1340. The Balaban J connectivity index is 1.53. The van der Waals surface area contributed by atoms with Crippen molar-refractivity contribution in [2.24, 2.45) is 0 Å². The lowest BCUT2D eigenvalue weighted by atomic mass is 10.1. The second kappa shape index (κ2) is 9.30. The van der Waals surface area contributed by atoms with Crippen LogP contribution in [0.25, 0.3) is 22.6 Å². The minimum atomic E-state index is -0.442. The first-order valence-corrected chi connectivity index (χ1v) is 10.6. The number of carbonyl (C=O) groups excluding carboxylic acids is 1. The Labute approximate surface area is 196 Å². The van der Waals surface area contributed by atoms with Crippen LogP contribution in [-0.4, -0.2) is 30.2 Å². The molecule has 0 saturated carbocycles. The van der Waals surface area contributed by atoms with E-state index >= 15 is 0 Å². The maximum absolute atomic E-state index is 12.8. The van der Waals surface area contributed by atoms with Crippen LogP contribution < -0.4 is 20.1 Å². The smallest absolute Gasteiger partial charge is 0.264 e. The molecule has 1 heterocycles. The molecule has 0 aliphatic carbocycles. The number of carbonyl (C=O) groups is 1. The van der Waals surface area contributed by atoms with Gasteiger partial charge in [0.1, 0.15) is 22.6 Å². The molecule has 8 heteroatoms. The van der Waals surface area contributed by atoms with Gasteiger partial charge in [-0.3, -0.25) is 10.1 Å². The first kappa shape index (κ1) is 22.3. The molecule has 0 aliphatic heterocycles. The summed E-state index contributed by atoms with van der Waals surface area (Å²) in [5, 5.41) is 5.83. The van der Waals surface area contributed by atoms with E-state index in [4.69, 9.17) is 26.1 Å². The van der Waals surface area contributed by atoms with Crippen LogP contribution in [0.2, 0.25) is 0 Å². The lowest BCUT2D eigenvalue weighted by Gasteiger charge is -2.14. The summed E-state index contributed by atoms with van der Waals surface area (Å²) in [5.41, 5.74) is 5.47. The minimum Gasteiger partial charge on any atom is -0.496 e. The van der Waals surface area contributed by atoms with Gasteiger partial charge < -0.3 is 19.2 Å². The molecular formula is C25H23N3O4S. The molecule has 0 unspecified atom stereocenters. The highest BCUT2D eigenvalue weighted by Gasteiger charge is 2.19. The van der Waals surface area contributed by atoms with E-state index in [1.165, 1.54) is 14.2 Å². The van der Waals surface area contributed by atoms with Gasteiger partial charge in [0.05, 0.1) is 14.2 Å². The largest absolute Gasteiger partial charge is 0.496 e. The number of benzene rings is 3. The monoisotopic (exact) mass is 461 g/mol. The molecule has 0 spiro atoms. The normalized spacial score (nSPS) is 10.7. The van der Waals surface area contributed by atoms with Crippen molar-refractivity contribution in [2.45, 2.75) is 13.8 Å². The van der Waals surface area contributed by atoms with Crippen LogP contribution in [0.3, 0.4) is 0 Å². The number of rotatable bonds is 5. The molecule has 3 aromatic carbocycles. The van der Waals surface area contributed by atoms with Crippen molar-refractivity contribution >= 4 is 40.0 Å². The molecule has 0 aliphatic rings. The first-order chi connectivity index (χ1) is 15.9. The highest BCUT2D eigenvalue weighted by Crippen LogP contribution is 2.29. The van der Waals surface area contributed by atoms with Crippen molar-refractivity contribution in [3.63, 3.8) is 0 Å². The van der Waals surface area contributed by atoms with Crippen molar-refractivity contribution in [2.75, 3.05) is 19.5 Å². The number of hydrogen-bond donors (Lipinski definition) is 2. The van der Waals surface area contributed by atoms with Gasteiger partial charge in [-0.05, 0) is 73.6 Å². The third-order valence-corrected chi connectivity index (χ3v) is 5.27. The summed E-state index contributed by atoms with van der Waals surface area (Å²) >= 11 is 5.35. The maximum Gasteiger partial charge on any atom is 0.264 e. The van der Waals surface area contributed by atoms with Gasteiger partial charge in [-0.2, -0.15) is 0 Å². The first-order valence-electron chi connectivity index (χ1n) is 10.2. The second-order valence-electron chi connectivity index (χ2n) is 7.48. The summed E-state index contributed by atoms with van der Waals surface area (Å²) in [6, 6.07) is 16.6. The van der Waals surface area contributed by atoms with Crippen molar-refractivity contribution in [3.05, 3.63) is 71.3 Å². The molecule has 0 fully saturated rings. The fourth-order valence-electron chi connectivity index (χ4n) is 3.63. The molecule has 4 rings (SSSR count).